The highest BCUT2D eigenvalue weighted by Gasteiger charge is 2.34. The Bertz CT molecular complexity index is 697. The standard InChI is InChI=1S/C15H18F2N4OS2/c1-10(2)20-14(23)24-7-15(22,6-21-9-18-8-19-21)12-4-3-11(16)5-13(12)17/h3-5,8-10,22H,6-7H2,1-2H3,(H,20,23). The normalized spacial score (nSPS) is 13.8. The van der Waals surface area contributed by atoms with Crippen LogP contribution in [0.15, 0.2) is 30.9 Å². The van der Waals surface area contributed by atoms with E-state index in [9.17, 15) is 13.9 Å². The zero-order chi connectivity index (χ0) is 17.7. The van der Waals surface area contributed by atoms with E-state index in [1.54, 1.807) is 0 Å². The average Bonchev–Trinajstić information content (AvgIpc) is 2.97. The lowest BCUT2D eigenvalue weighted by atomic mass is 9.95. The summed E-state index contributed by atoms with van der Waals surface area (Å²) in [6.45, 7) is 3.84. The maximum atomic E-state index is 14.2. The molecule has 2 rings (SSSR count). The molecular formula is C15H18F2N4OS2. The van der Waals surface area contributed by atoms with Crippen LogP contribution >= 0.6 is 24.0 Å². The summed E-state index contributed by atoms with van der Waals surface area (Å²) in [6.07, 6.45) is 2.74. The molecule has 0 bridgehead atoms. The summed E-state index contributed by atoms with van der Waals surface area (Å²) in [5.41, 5.74) is -1.64. The Hall–Kier alpha value is -1.58. The number of thioether (sulfide) groups is 1. The number of thiocarbonyl (C=S) groups is 1. The molecule has 2 N–H and O–H groups in total. The van der Waals surface area contributed by atoms with Gasteiger partial charge in [0.1, 0.15) is 34.2 Å². The lowest BCUT2D eigenvalue weighted by molar-refractivity contribution is 0.0362. The number of aromatic nitrogens is 3. The van der Waals surface area contributed by atoms with Crippen molar-refractivity contribution in [2.45, 2.75) is 32.0 Å². The molecule has 0 aliphatic carbocycles. The van der Waals surface area contributed by atoms with Crippen molar-refractivity contribution in [3.63, 3.8) is 0 Å². The van der Waals surface area contributed by atoms with Gasteiger partial charge in [-0.25, -0.2) is 18.4 Å². The quantitative estimate of drug-likeness (QED) is 0.760. The minimum Gasteiger partial charge on any atom is -0.382 e. The minimum atomic E-state index is -1.63. The monoisotopic (exact) mass is 372 g/mol. The van der Waals surface area contributed by atoms with E-state index in [0.29, 0.717) is 4.32 Å². The smallest absolute Gasteiger partial charge is 0.137 e. The maximum absolute atomic E-state index is 14.2. The van der Waals surface area contributed by atoms with Crippen molar-refractivity contribution in [3.05, 3.63) is 48.1 Å². The van der Waals surface area contributed by atoms with Crippen LogP contribution in [0.3, 0.4) is 0 Å². The van der Waals surface area contributed by atoms with E-state index in [2.05, 4.69) is 15.4 Å². The molecule has 1 unspecified atom stereocenters. The topological polar surface area (TPSA) is 63.0 Å². The first-order valence-corrected chi connectivity index (χ1v) is 8.63. The van der Waals surface area contributed by atoms with E-state index < -0.39 is 17.2 Å². The molecule has 0 saturated heterocycles. The van der Waals surface area contributed by atoms with Crippen LogP contribution in [0.2, 0.25) is 0 Å². The first kappa shape index (κ1) is 18.8. The van der Waals surface area contributed by atoms with Gasteiger partial charge in [0.15, 0.2) is 0 Å². The van der Waals surface area contributed by atoms with E-state index in [0.717, 1.165) is 12.1 Å². The fraction of sp³-hybridized carbons (Fsp3) is 0.400. The summed E-state index contributed by atoms with van der Waals surface area (Å²) < 4.78 is 29.3. The van der Waals surface area contributed by atoms with Crippen molar-refractivity contribution in [1.29, 1.82) is 0 Å². The van der Waals surface area contributed by atoms with Gasteiger partial charge >= 0.3 is 0 Å². The molecule has 130 valence electrons. The van der Waals surface area contributed by atoms with Crippen LogP contribution in [0.5, 0.6) is 0 Å². The molecule has 0 aliphatic rings. The predicted octanol–water partition coefficient (Wildman–Crippen LogP) is 2.46. The summed E-state index contributed by atoms with van der Waals surface area (Å²) in [7, 11) is 0. The minimum absolute atomic E-state index is 0.0146. The van der Waals surface area contributed by atoms with Crippen LogP contribution in [-0.2, 0) is 12.1 Å². The predicted molar refractivity (Wildman–Crippen MR) is 93.6 cm³/mol. The number of benzene rings is 1. The van der Waals surface area contributed by atoms with Gasteiger partial charge in [-0.3, -0.25) is 0 Å². The molecule has 1 heterocycles. The second-order valence-electron chi connectivity index (χ2n) is 5.62. The number of nitrogens with one attached hydrogen (secondary N) is 1. The molecule has 0 fully saturated rings. The summed E-state index contributed by atoms with van der Waals surface area (Å²) in [5.74, 6) is -1.45. The van der Waals surface area contributed by atoms with Crippen LogP contribution in [0.25, 0.3) is 0 Å². The molecule has 1 atom stereocenters. The van der Waals surface area contributed by atoms with E-state index in [-0.39, 0.29) is 23.9 Å². The second-order valence-corrected chi connectivity index (χ2v) is 7.28. The summed E-state index contributed by atoms with van der Waals surface area (Å²) in [5, 5.41) is 18.0. The van der Waals surface area contributed by atoms with E-state index in [4.69, 9.17) is 12.2 Å². The Morgan fingerprint density at radius 3 is 2.79 bits per heavy atom. The zero-order valence-corrected chi connectivity index (χ0v) is 14.9. The third-order valence-electron chi connectivity index (χ3n) is 3.17. The van der Waals surface area contributed by atoms with Crippen LogP contribution < -0.4 is 5.32 Å². The van der Waals surface area contributed by atoms with E-state index >= 15 is 0 Å². The molecule has 9 heteroatoms. The molecule has 0 aliphatic heterocycles. The highest BCUT2D eigenvalue weighted by Crippen LogP contribution is 2.30. The molecule has 0 saturated carbocycles. The van der Waals surface area contributed by atoms with E-state index in [1.165, 1.54) is 35.2 Å². The van der Waals surface area contributed by atoms with Crippen molar-refractivity contribution in [3.8, 4) is 0 Å². The zero-order valence-electron chi connectivity index (χ0n) is 13.2. The average molecular weight is 372 g/mol. The number of nitrogens with zero attached hydrogens (tertiary/aromatic N) is 3. The number of hydrogen-bond acceptors (Lipinski definition) is 5. The van der Waals surface area contributed by atoms with Gasteiger partial charge in [0, 0.05) is 23.4 Å². The van der Waals surface area contributed by atoms with Crippen molar-refractivity contribution in [2.24, 2.45) is 0 Å². The molecule has 1 aromatic carbocycles. The second kappa shape index (κ2) is 8.00. The molecule has 24 heavy (non-hydrogen) atoms. The molecule has 5 nitrogen and oxygen atoms in total. The summed E-state index contributed by atoms with van der Waals surface area (Å²) >= 11 is 6.39. The third kappa shape index (κ3) is 4.96. The fourth-order valence-corrected chi connectivity index (χ4v) is 3.47. The largest absolute Gasteiger partial charge is 0.382 e. The first-order chi connectivity index (χ1) is 11.3. The highest BCUT2D eigenvalue weighted by atomic mass is 32.2. The number of aliphatic hydroxyl groups is 1. The van der Waals surface area contributed by atoms with Crippen LogP contribution in [0.1, 0.15) is 19.4 Å². The Morgan fingerprint density at radius 2 is 2.21 bits per heavy atom. The summed E-state index contributed by atoms with van der Waals surface area (Å²) in [4.78, 5) is 3.81. The first-order valence-electron chi connectivity index (χ1n) is 7.24. The maximum Gasteiger partial charge on any atom is 0.137 e. The van der Waals surface area contributed by atoms with Gasteiger partial charge in [0.25, 0.3) is 0 Å². The van der Waals surface area contributed by atoms with E-state index in [1.807, 2.05) is 13.8 Å². The molecule has 0 amide bonds. The summed E-state index contributed by atoms with van der Waals surface area (Å²) in [6, 6.07) is 3.24. The van der Waals surface area contributed by atoms with Crippen LogP contribution in [0, 0.1) is 11.6 Å². The number of halogens is 2. The van der Waals surface area contributed by atoms with Gasteiger partial charge in [0.05, 0.1) is 6.54 Å². The van der Waals surface area contributed by atoms with Crippen molar-refractivity contribution >= 4 is 28.3 Å². The lowest BCUT2D eigenvalue weighted by Crippen LogP contribution is -2.37. The van der Waals surface area contributed by atoms with Crippen molar-refractivity contribution in [1.82, 2.24) is 20.1 Å². The number of hydrogen-bond donors (Lipinski definition) is 2. The van der Waals surface area contributed by atoms with Gasteiger partial charge in [-0.15, -0.1) is 0 Å². The molecule has 2 aromatic rings. The Morgan fingerprint density at radius 1 is 1.46 bits per heavy atom. The molecule has 0 radical (unpaired) electrons. The van der Waals surface area contributed by atoms with Gasteiger partial charge in [-0.05, 0) is 19.9 Å². The Kier molecular flexibility index (Phi) is 6.25. The van der Waals surface area contributed by atoms with Crippen LogP contribution in [-0.4, -0.2) is 36.0 Å². The Balaban J connectivity index is 2.25. The van der Waals surface area contributed by atoms with Crippen LogP contribution in [0.4, 0.5) is 8.78 Å². The molecule has 1 aromatic heterocycles. The highest BCUT2D eigenvalue weighted by molar-refractivity contribution is 8.23. The van der Waals surface area contributed by atoms with Gasteiger partial charge in [0.2, 0.25) is 0 Å². The van der Waals surface area contributed by atoms with Gasteiger partial charge < -0.3 is 10.4 Å². The SMILES string of the molecule is CC(C)NC(=S)SCC(O)(Cn1cncn1)c1ccc(F)cc1F. The third-order valence-corrected chi connectivity index (χ3v) is 4.64. The van der Waals surface area contributed by atoms with Crippen molar-refractivity contribution in [2.75, 3.05) is 5.75 Å². The lowest BCUT2D eigenvalue weighted by Gasteiger charge is -2.29. The molecule has 0 spiro atoms. The Labute approximate surface area is 148 Å². The van der Waals surface area contributed by atoms with Gasteiger partial charge in [-0.1, -0.05) is 30.0 Å². The van der Waals surface area contributed by atoms with Crippen molar-refractivity contribution < 1.29 is 13.9 Å². The van der Waals surface area contributed by atoms with Gasteiger partial charge in [-0.2, -0.15) is 5.10 Å². The fourth-order valence-electron chi connectivity index (χ4n) is 2.12. The molecular weight excluding hydrogens is 354 g/mol. The number of rotatable bonds is 6.